The maximum Gasteiger partial charge on any atom is 0.255 e. The lowest BCUT2D eigenvalue weighted by atomic mass is 10.2. The molecule has 0 spiro atoms. The molecule has 0 saturated carbocycles. The molecule has 2 aromatic heterocycles. The Morgan fingerprint density at radius 2 is 2.00 bits per heavy atom. The summed E-state index contributed by atoms with van der Waals surface area (Å²) in [5, 5.41) is 11.4. The number of hydrogen-bond donors (Lipinski definition) is 1. The van der Waals surface area contributed by atoms with Gasteiger partial charge in [-0.3, -0.25) is 9.48 Å². The summed E-state index contributed by atoms with van der Waals surface area (Å²) < 4.78 is 15.1. The molecule has 1 N–H and O–H groups in total. The van der Waals surface area contributed by atoms with E-state index in [0.717, 1.165) is 17.2 Å². The van der Waals surface area contributed by atoms with Crippen molar-refractivity contribution < 1.29 is 14.3 Å². The van der Waals surface area contributed by atoms with E-state index in [9.17, 15) is 4.79 Å². The van der Waals surface area contributed by atoms with Gasteiger partial charge in [-0.25, -0.2) is 4.68 Å². The van der Waals surface area contributed by atoms with Crippen molar-refractivity contribution in [2.75, 3.05) is 11.9 Å². The predicted octanol–water partition coefficient (Wildman–Crippen LogP) is 3.16. The summed E-state index contributed by atoms with van der Waals surface area (Å²) in [5.74, 6) is 1.26. The number of fused-ring (bicyclic) bond motifs is 1. The molecular formula is C22H19N5O3. The second kappa shape index (κ2) is 7.75. The Balaban J connectivity index is 1.23. The molecule has 5 rings (SSSR count). The third-order valence-corrected chi connectivity index (χ3v) is 4.73. The summed E-state index contributed by atoms with van der Waals surface area (Å²) in [6.07, 6.45) is 6.76. The number of anilines is 1. The van der Waals surface area contributed by atoms with Gasteiger partial charge in [-0.15, -0.1) is 0 Å². The van der Waals surface area contributed by atoms with Gasteiger partial charge in [-0.1, -0.05) is 18.2 Å². The highest BCUT2D eigenvalue weighted by atomic mass is 16.6. The van der Waals surface area contributed by atoms with Gasteiger partial charge in [0.1, 0.15) is 6.61 Å². The SMILES string of the molecule is O=C(Nc1cnn(CC2COc3ccccc3O2)c1)c1cccc(-n2cccn2)c1. The van der Waals surface area contributed by atoms with Gasteiger partial charge in [0.25, 0.3) is 5.91 Å². The number of aromatic nitrogens is 4. The van der Waals surface area contributed by atoms with Crippen LogP contribution in [0.25, 0.3) is 5.69 Å². The van der Waals surface area contributed by atoms with Gasteiger partial charge in [0.15, 0.2) is 17.6 Å². The Morgan fingerprint density at radius 1 is 1.10 bits per heavy atom. The lowest BCUT2D eigenvalue weighted by molar-refractivity contribution is 0.0759. The molecule has 150 valence electrons. The average Bonchev–Trinajstić information content (AvgIpc) is 3.46. The molecule has 30 heavy (non-hydrogen) atoms. The van der Waals surface area contributed by atoms with Gasteiger partial charge in [0.05, 0.1) is 24.1 Å². The van der Waals surface area contributed by atoms with Crippen molar-refractivity contribution in [3.63, 3.8) is 0 Å². The Bertz CT molecular complexity index is 1170. The highest BCUT2D eigenvalue weighted by Gasteiger charge is 2.21. The number of rotatable bonds is 5. The molecule has 0 bridgehead atoms. The molecule has 1 atom stereocenters. The normalized spacial score (nSPS) is 15.0. The minimum Gasteiger partial charge on any atom is -0.486 e. The van der Waals surface area contributed by atoms with Crippen LogP contribution in [0.5, 0.6) is 11.5 Å². The minimum atomic E-state index is -0.213. The minimum absolute atomic E-state index is 0.158. The van der Waals surface area contributed by atoms with Crippen LogP contribution in [0.3, 0.4) is 0 Å². The molecule has 0 saturated heterocycles. The number of carbonyl (C=O) groups excluding carboxylic acids is 1. The number of para-hydroxylation sites is 2. The van der Waals surface area contributed by atoms with E-state index in [1.165, 1.54) is 0 Å². The van der Waals surface area contributed by atoms with Crippen LogP contribution in [0.15, 0.2) is 79.4 Å². The van der Waals surface area contributed by atoms with Crippen LogP contribution in [-0.4, -0.2) is 38.2 Å². The predicted molar refractivity (Wildman–Crippen MR) is 110 cm³/mol. The zero-order chi connectivity index (χ0) is 20.3. The Hall–Kier alpha value is -4.07. The quantitative estimate of drug-likeness (QED) is 0.555. The van der Waals surface area contributed by atoms with Gasteiger partial charge in [-0.05, 0) is 36.4 Å². The molecule has 0 radical (unpaired) electrons. The summed E-state index contributed by atoms with van der Waals surface area (Å²) in [5.41, 5.74) is 1.97. The Morgan fingerprint density at radius 3 is 2.87 bits per heavy atom. The third kappa shape index (κ3) is 3.75. The second-order valence-corrected chi connectivity index (χ2v) is 6.90. The van der Waals surface area contributed by atoms with Crippen LogP contribution in [0.4, 0.5) is 5.69 Å². The lowest BCUT2D eigenvalue weighted by Gasteiger charge is -2.26. The van der Waals surface area contributed by atoms with Crippen LogP contribution >= 0.6 is 0 Å². The van der Waals surface area contributed by atoms with Crippen molar-refractivity contribution in [3.05, 3.63) is 84.9 Å². The van der Waals surface area contributed by atoms with Crippen molar-refractivity contribution in [3.8, 4) is 17.2 Å². The fourth-order valence-corrected chi connectivity index (χ4v) is 3.30. The molecule has 8 heteroatoms. The van der Waals surface area contributed by atoms with Gasteiger partial charge < -0.3 is 14.8 Å². The maximum absolute atomic E-state index is 12.6. The average molecular weight is 401 g/mol. The van der Waals surface area contributed by atoms with E-state index in [-0.39, 0.29) is 12.0 Å². The first-order valence-corrected chi connectivity index (χ1v) is 9.57. The summed E-state index contributed by atoms with van der Waals surface area (Å²) in [6, 6.07) is 16.7. The first-order valence-electron chi connectivity index (χ1n) is 9.57. The first-order chi connectivity index (χ1) is 14.7. The molecule has 1 amide bonds. The Labute approximate surface area is 172 Å². The van der Waals surface area contributed by atoms with E-state index in [1.54, 1.807) is 40.1 Å². The number of carbonyl (C=O) groups is 1. The van der Waals surface area contributed by atoms with Crippen LogP contribution in [0.1, 0.15) is 10.4 Å². The van der Waals surface area contributed by atoms with Gasteiger partial charge in [0.2, 0.25) is 0 Å². The van der Waals surface area contributed by atoms with Crippen molar-refractivity contribution in [2.45, 2.75) is 12.6 Å². The van der Waals surface area contributed by atoms with Crippen LogP contribution in [-0.2, 0) is 6.54 Å². The highest BCUT2D eigenvalue weighted by molar-refractivity contribution is 6.04. The number of benzene rings is 2. The molecule has 0 fully saturated rings. The van der Waals surface area contributed by atoms with E-state index in [1.807, 2.05) is 48.7 Å². The highest BCUT2D eigenvalue weighted by Crippen LogP contribution is 2.31. The largest absolute Gasteiger partial charge is 0.486 e. The second-order valence-electron chi connectivity index (χ2n) is 6.90. The number of nitrogens with zero attached hydrogens (tertiary/aromatic N) is 4. The number of nitrogens with one attached hydrogen (secondary N) is 1. The monoisotopic (exact) mass is 401 g/mol. The molecule has 4 aromatic rings. The van der Waals surface area contributed by atoms with Crippen LogP contribution in [0, 0.1) is 0 Å². The van der Waals surface area contributed by atoms with Crippen molar-refractivity contribution in [1.29, 1.82) is 0 Å². The zero-order valence-corrected chi connectivity index (χ0v) is 16.0. The van der Waals surface area contributed by atoms with Gasteiger partial charge >= 0.3 is 0 Å². The van der Waals surface area contributed by atoms with Gasteiger partial charge in [0, 0.05) is 24.2 Å². The molecule has 0 aliphatic carbocycles. The summed E-state index contributed by atoms with van der Waals surface area (Å²) in [7, 11) is 0. The van der Waals surface area contributed by atoms with Crippen LogP contribution in [0.2, 0.25) is 0 Å². The first kappa shape index (κ1) is 18.0. The van der Waals surface area contributed by atoms with E-state index in [0.29, 0.717) is 24.4 Å². The number of ether oxygens (including phenoxy) is 2. The summed E-state index contributed by atoms with van der Waals surface area (Å²) >= 11 is 0. The third-order valence-electron chi connectivity index (χ3n) is 4.73. The van der Waals surface area contributed by atoms with Crippen molar-refractivity contribution >= 4 is 11.6 Å². The molecule has 2 aromatic carbocycles. The van der Waals surface area contributed by atoms with E-state index >= 15 is 0 Å². The van der Waals surface area contributed by atoms with Crippen LogP contribution < -0.4 is 14.8 Å². The molecule has 3 heterocycles. The van der Waals surface area contributed by atoms with Crippen molar-refractivity contribution in [1.82, 2.24) is 19.6 Å². The topological polar surface area (TPSA) is 83.2 Å². The van der Waals surface area contributed by atoms with E-state index in [4.69, 9.17) is 9.47 Å². The molecule has 1 aliphatic heterocycles. The standard InChI is InChI=1S/C22H19N5O3/c28-22(16-5-3-6-18(11-16)27-10-4-9-23-27)25-17-12-24-26(13-17)14-19-15-29-20-7-1-2-8-21(20)30-19/h1-13,19H,14-15H2,(H,25,28). The summed E-state index contributed by atoms with van der Waals surface area (Å²) in [4.78, 5) is 12.6. The zero-order valence-electron chi connectivity index (χ0n) is 16.0. The fraction of sp³-hybridized carbons (Fsp3) is 0.136. The lowest BCUT2D eigenvalue weighted by Crippen LogP contribution is -2.33. The van der Waals surface area contributed by atoms with E-state index < -0.39 is 0 Å². The molecule has 8 nitrogen and oxygen atoms in total. The number of amides is 1. The summed E-state index contributed by atoms with van der Waals surface area (Å²) in [6.45, 7) is 0.956. The van der Waals surface area contributed by atoms with E-state index in [2.05, 4.69) is 15.5 Å². The van der Waals surface area contributed by atoms with Gasteiger partial charge in [-0.2, -0.15) is 10.2 Å². The maximum atomic E-state index is 12.6. The molecule has 1 unspecified atom stereocenters. The molecular weight excluding hydrogens is 382 g/mol. The molecule has 1 aliphatic rings. The number of hydrogen-bond acceptors (Lipinski definition) is 5. The fourth-order valence-electron chi connectivity index (χ4n) is 3.30. The van der Waals surface area contributed by atoms with Crippen molar-refractivity contribution in [2.24, 2.45) is 0 Å². The Kier molecular flexibility index (Phi) is 4.65. The smallest absolute Gasteiger partial charge is 0.255 e.